The highest BCUT2D eigenvalue weighted by atomic mass is 16.2. The molecule has 0 fully saturated rings. The summed E-state index contributed by atoms with van der Waals surface area (Å²) in [6.45, 7) is 1.18. The maximum Gasteiger partial charge on any atom is 0.324 e. The molecule has 2 aromatic heterocycles. The Morgan fingerprint density at radius 1 is 1.22 bits per heavy atom. The molecule has 32 heavy (non-hydrogen) atoms. The molecule has 0 radical (unpaired) electrons. The Bertz CT molecular complexity index is 1270. The predicted octanol–water partition coefficient (Wildman–Crippen LogP) is 0.636. The molecule has 9 heteroatoms. The van der Waals surface area contributed by atoms with E-state index < -0.39 is 5.91 Å². The van der Waals surface area contributed by atoms with Gasteiger partial charge in [-0.1, -0.05) is 35.3 Å². The number of aromatic nitrogens is 3. The first-order valence-electron chi connectivity index (χ1n) is 10.4. The van der Waals surface area contributed by atoms with Gasteiger partial charge in [0.05, 0.1) is 29.7 Å². The standard InChI is InChI=1S/C23H25N7O2/c1-24-10-12-28(2)23(32)18-14-25-29(3)21(18)22(31)26-17-9-11-30-15-19(27-20(30)13-17)16-7-5-4-6-8-16/h4-9,11,13-15,19,24H,10,12H2,1-3H3/p+1. The van der Waals surface area contributed by atoms with E-state index in [4.69, 9.17) is 4.99 Å². The van der Waals surface area contributed by atoms with Gasteiger partial charge in [0.2, 0.25) is 6.04 Å². The molecule has 1 aliphatic rings. The van der Waals surface area contributed by atoms with E-state index >= 15 is 0 Å². The summed E-state index contributed by atoms with van der Waals surface area (Å²) in [5.41, 5.74) is 2.91. The van der Waals surface area contributed by atoms with Crippen LogP contribution in [0.5, 0.6) is 0 Å². The molecule has 1 atom stereocenters. The first-order valence-corrected chi connectivity index (χ1v) is 10.4. The van der Waals surface area contributed by atoms with Crippen LogP contribution in [-0.2, 0) is 7.05 Å². The van der Waals surface area contributed by atoms with Crippen molar-refractivity contribution in [3.63, 3.8) is 0 Å². The van der Waals surface area contributed by atoms with Crippen LogP contribution < -0.4 is 20.4 Å². The topological polar surface area (TPSA) is 97.5 Å². The number of amides is 2. The summed E-state index contributed by atoms with van der Waals surface area (Å²) in [5.74, 6) is -0.653. The van der Waals surface area contributed by atoms with Crippen LogP contribution in [0.1, 0.15) is 32.5 Å². The van der Waals surface area contributed by atoms with Gasteiger partial charge < -0.3 is 15.5 Å². The third-order valence-corrected chi connectivity index (χ3v) is 5.36. The zero-order valence-electron chi connectivity index (χ0n) is 18.3. The van der Waals surface area contributed by atoms with E-state index in [0.29, 0.717) is 18.8 Å². The molecule has 1 aliphatic heterocycles. The smallest absolute Gasteiger partial charge is 0.324 e. The highest BCUT2D eigenvalue weighted by Gasteiger charge is 2.25. The highest BCUT2D eigenvalue weighted by molar-refractivity contribution is 6.10. The third-order valence-electron chi connectivity index (χ3n) is 5.36. The SMILES string of the molecule is CNCCN(C)C(=O)c1cnn(C)c1C(=O)Nc1cc[n+]2c(c1)=NC(c1ccccc1)C=2. The van der Waals surface area contributed by atoms with Crippen molar-refractivity contribution in [1.82, 2.24) is 20.0 Å². The van der Waals surface area contributed by atoms with Crippen LogP contribution in [-0.4, -0.2) is 53.7 Å². The second-order valence-electron chi connectivity index (χ2n) is 7.63. The van der Waals surface area contributed by atoms with Crippen LogP contribution in [0.3, 0.4) is 0 Å². The third kappa shape index (κ3) is 4.28. The van der Waals surface area contributed by atoms with Crippen LogP contribution in [0.25, 0.3) is 0 Å². The maximum absolute atomic E-state index is 13.0. The van der Waals surface area contributed by atoms with E-state index in [2.05, 4.69) is 15.7 Å². The molecule has 3 heterocycles. The molecule has 164 valence electrons. The molecule has 0 aliphatic carbocycles. The van der Waals surface area contributed by atoms with Crippen LogP contribution in [0.15, 0.2) is 59.9 Å². The Morgan fingerprint density at radius 3 is 2.75 bits per heavy atom. The Balaban J connectivity index is 1.55. The number of anilines is 1. The number of carbonyl (C=O) groups is 2. The first-order chi connectivity index (χ1) is 15.5. The lowest BCUT2D eigenvalue weighted by atomic mass is 10.1. The lowest BCUT2D eigenvalue weighted by Crippen LogP contribution is -2.35. The fourth-order valence-corrected chi connectivity index (χ4v) is 3.59. The molecule has 4 rings (SSSR count). The highest BCUT2D eigenvalue weighted by Crippen LogP contribution is 2.18. The average molecular weight is 433 g/mol. The summed E-state index contributed by atoms with van der Waals surface area (Å²) in [4.78, 5) is 32.2. The van der Waals surface area contributed by atoms with E-state index in [9.17, 15) is 9.59 Å². The minimum atomic E-state index is -0.401. The zero-order valence-corrected chi connectivity index (χ0v) is 18.3. The van der Waals surface area contributed by atoms with E-state index in [1.54, 1.807) is 25.1 Å². The van der Waals surface area contributed by atoms with E-state index in [1.165, 1.54) is 10.9 Å². The molecule has 0 bridgehead atoms. The molecular formula is C23H26N7O2+. The Labute approximate surface area is 185 Å². The van der Waals surface area contributed by atoms with Crippen LogP contribution >= 0.6 is 0 Å². The minimum absolute atomic E-state index is 0.0726. The van der Waals surface area contributed by atoms with Crippen molar-refractivity contribution in [3.05, 3.63) is 83.4 Å². The van der Waals surface area contributed by atoms with E-state index in [0.717, 1.165) is 11.1 Å². The van der Waals surface area contributed by atoms with Gasteiger partial charge in [-0.15, -0.1) is 0 Å². The number of benzene rings is 1. The van der Waals surface area contributed by atoms with Crippen molar-refractivity contribution in [2.75, 3.05) is 32.5 Å². The zero-order chi connectivity index (χ0) is 22.7. The number of fused-ring (bicyclic) bond motifs is 1. The van der Waals surface area contributed by atoms with Crippen molar-refractivity contribution in [2.24, 2.45) is 12.0 Å². The average Bonchev–Trinajstić information content (AvgIpc) is 3.40. The molecule has 9 nitrogen and oxygen atoms in total. The van der Waals surface area contributed by atoms with Crippen molar-refractivity contribution in [3.8, 4) is 0 Å². The molecule has 2 N–H and O–H groups in total. The second-order valence-corrected chi connectivity index (χ2v) is 7.63. The molecular weight excluding hydrogens is 406 g/mol. The summed E-state index contributed by atoms with van der Waals surface area (Å²) in [6, 6.07) is 13.6. The monoisotopic (exact) mass is 432 g/mol. The van der Waals surface area contributed by atoms with Crippen molar-refractivity contribution in [1.29, 1.82) is 0 Å². The van der Waals surface area contributed by atoms with Crippen molar-refractivity contribution >= 4 is 17.5 Å². The Kier molecular flexibility index (Phi) is 6.09. The molecule has 0 saturated carbocycles. The van der Waals surface area contributed by atoms with Gasteiger partial charge in [-0.3, -0.25) is 14.3 Å². The van der Waals surface area contributed by atoms with Crippen molar-refractivity contribution in [2.45, 2.75) is 6.04 Å². The number of likely N-dealkylation sites (N-methyl/N-ethyl adjacent to an activating group) is 2. The summed E-state index contributed by atoms with van der Waals surface area (Å²) in [6.07, 6.45) is 5.31. The number of nitrogens with one attached hydrogen (secondary N) is 2. The van der Waals surface area contributed by atoms with Gasteiger partial charge in [-0.05, 0) is 7.05 Å². The molecule has 1 unspecified atom stereocenters. The maximum atomic E-state index is 13.0. The molecule has 3 aromatic rings. The Hall–Kier alpha value is -3.85. The summed E-state index contributed by atoms with van der Waals surface area (Å²) in [7, 11) is 5.17. The molecule has 0 saturated heterocycles. The van der Waals surface area contributed by atoms with Gasteiger partial charge in [0.25, 0.3) is 11.8 Å². The van der Waals surface area contributed by atoms with Crippen LogP contribution in [0, 0.1) is 6.21 Å². The fraction of sp³-hybridized carbons (Fsp3) is 0.261. The Morgan fingerprint density at radius 2 is 2.00 bits per heavy atom. The molecule has 2 amide bonds. The number of hydrogen-bond acceptors (Lipinski definition) is 5. The number of aryl methyl sites for hydroxylation is 1. The number of hydrogen-bond donors (Lipinski definition) is 2. The van der Waals surface area contributed by atoms with Crippen LogP contribution in [0.2, 0.25) is 0 Å². The molecule has 0 spiro atoms. The van der Waals surface area contributed by atoms with E-state index in [-0.39, 0.29) is 23.2 Å². The van der Waals surface area contributed by atoms with Gasteiger partial charge in [-0.25, -0.2) is 4.24 Å². The van der Waals surface area contributed by atoms with Gasteiger partial charge >= 0.3 is 5.49 Å². The summed E-state index contributed by atoms with van der Waals surface area (Å²) in [5, 5.41) is 10.0. The van der Waals surface area contributed by atoms with Gasteiger partial charge in [0.15, 0.2) is 0 Å². The van der Waals surface area contributed by atoms with Gasteiger partial charge in [-0.2, -0.15) is 5.10 Å². The quantitative estimate of drug-likeness (QED) is 0.536. The summed E-state index contributed by atoms with van der Waals surface area (Å²) < 4.78 is 3.35. The normalized spacial score (nSPS) is 14.3. The van der Waals surface area contributed by atoms with Crippen LogP contribution in [0.4, 0.5) is 5.69 Å². The van der Waals surface area contributed by atoms with Gasteiger partial charge in [0.1, 0.15) is 11.9 Å². The lowest BCUT2D eigenvalue weighted by Gasteiger charge is -2.17. The predicted molar refractivity (Wildman–Crippen MR) is 119 cm³/mol. The van der Waals surface area contributed by atoms with Crippen molar-refractivity contribution < 1.29 is 13.8 Å². The largest absolute Gasteiger partial charge is 0.340 e. The number of nitrogens with zero attached hydrogens (tertiary/aromatic N) is 5. The number of pyridine rings is 1. The second kappa shape index (κ2) is 9.11. The lowest BCUT2D eigenvalue weighted by molar-refractivity contribution is -0.523. The number of rotatable bonds is 7. The number of carbonyl (C=O) groups excluding carboxylic acids is 2. The minimum Gasteiger partial charge on any atom is -0.340 e. The molecule has 1 aromatic carbocycles. The van der Waals surface area contributed by atoms with Gasteiger partial charge in [0, 0.05) is 38.8 Å². The summed E-state index contributed by atoms with van der Waals surface area (Å²) >= 11 is 0. The first kappa shape index (κ1) is 21.4. The fourth-order valence-electron chi connectivity index (χ4n) is 3.59. The van der Waals surface area contributed by atoms with E-state index in [1.807, 2.05) is 60.1 Å².